The van der Waals surface area contributed by atoms with Crippen molar-refractivity contribution < 1.29 is 0 Å². The minimum absolute atomic E-state index is 0.104. The Bertz CT molecular complexity index is 339. The lowest BCUT2D eigenvalue weighted by Crippen LogP contribution is -1.98. The molecule has 1 rings (SSSR count). The average Bonchev–Trinajstić information content (AvgIpc) is 2.16. The molecule has 0 aromatic heterocycles. The molecule has 13 heavy (non-hydrogen) atoms. The second-order valence-electron chi connectivity index (χ2n) is 2.95. The molecule has 1 atom stereocenters. The summed E-state index contributed by atoms with van der Waals surface area (Å²) in [5.41, 5.74) is 8.29. The molecule has 1 unspecified atom stereocenters. The van der Waals surface area contributed by atoms with E-state index in [-0.39, 0.29) is 5.92 Å². The highest BCUT2D eigenvalue weighted by Crippen LogP contribution is 2.23. The van der Waals surface area contributed by atoms with Gasteiger partial charge in [0.1, 0.15) is 0 Å². The van der Waals surface area contributed by atoms with Crippen molar-refractivity contribution in [2.24, 2.45) is 0 Å². The predicted octanol–water partition coefficient (Wildman–Crippen LogP) is 1.94. The summed E-state index contributed by atoms with van der Waals surface area (Å²) >= 11 is 0. The molecule has 3 N–H and O–H groups in total. The summed E-state index contributed by atoms with van der Waals surface area (Å²) < 4.78 is 0. The van der Waals surface area contributed by atoms with Crippen LogP contribution in [0, 0.1) is 11.3 Å². The van der Waals surface area contributed by atoms with Crippen molar-refractivity contribution in [2.45, 2.75) is 12.8 Å². The molecule has 0 fully saturated rings. The van der Waals surface area contributed by atoms with Gasteiger partial charge in [-0.15, -0.1) is 0 Å². The van der Waals surface area contributed by atoms with E-state index < -0.39 is 0 Å². The lowest BCUT2D eigenvalue weighted by atomic mass is 10.0. The third kappa shape index (κ3) is 1.91. The van der Waals surface area contributed by atoms with Gasteiger partial charge in [-0.1, -0.05) is 6.07 Å². The fraction of sp³-hybridized carbons (Fsp3) is 0.300. The van der Waals surface area contributed by atoms with Gasteiger partial charge in [-0.25, -0.2) is 0 Å². The molecule has 0 aliphatic heterocycles. The molecular formula is C10H13N3. The van der Waals surface area contributed by atoms with Crippen molar-refractivity contribution in [2.75, 3.05) is 18.1 Å². The summed E-state index contributed by atoms with van der Waals surface area (Å²) in [4.78, 5) is 0. The highest BCUT2D eigenvalue weighted by Gasteiger charge is 2.05. The van der Waals surface area contributed by atoms with Gasteiger partial charge in [-0.3, -0.25) is 0 Å². The van der Waals surface area contributed by atoms with Crippen LogP contribution in [0.3, 0.4) is 0 Å². The van der Waals surface area contributed by atoms with Gasteiger partial charge in [0.2, 0.25) is 0 Å². The molecule has 0 spiro atoms. The lowest BCUT2D eigenvalue weighted by molar-refractivity contribution is 0.983. The normalized spacial score (nSPS) is 11.8. The molecular weight excluding hydrogens is 162 g/mol. The number of nitrogens with two attached hydrogens (primary N) is 1. The maximum atomic E-state index is 8.70. The highest BCUT2D eigenvalue weighted by atomic mass is 14.8. The zero-order valence-corrected chi connectivity index (χ0v) is 7.83. The summed E-state index contributed by atoms with van der Waals surface area (Å²) in [6.07, 6.45) is 0. The van der Waals surface area contributed by atoms with Gasteiger partial charge in [0, 0.05) is 7.05 Å². The Morgan fingerprint density at radius 1 is 1.54 bits per heavy atom. The van der Waals surface area contributed by atoms with E-state index in [0.717, 1.165) is 11.3 Å². The molecule has 0 saturated heterocycles. The Morgan fingerprint density at radius 2 is 2.23 bits per heavy atom. The molecule has 3 nitrogen and oxygen atoms in total. The summed E-state index contributed by atoms with van der Waals surface area (Å²) in [6.45, 7) is 1.85. The maximum absolute atomic E-state index is 8.70. The van der Waals surface area contributed by atoms with Crippen molar-refractivity contribution in [1.82, 2.24) is 0 Å². The number of hydrogen-bond acceptors (Lipinski definition) is 3. The number of nitrogens with zero attached hydrogens (tertiary/aromatic N) is 1. The third-order valence-electron chi connectivity index (χ3n) is 2.04. The van der Waals surface area contributed by atoms with E-state index in [1.807, 2.05) is 32.2 Å². The minimum Gasteiger partial charge on any atom is -0.397 e. The zero-order valence-electron chi connectivity index (χ0n) is 7.83. The second-order valence-corrected chi connectivity index (χ2v) is 2.95. The monoisotopic (exact) mass is 175 g/mol. The topological polar surface area (TPSA) is 61.8 Å². The van der Waals surface area contributed by atoms with Crippen molar-refractivity contribution in [3.8, 4) is 6.07 Å². The van der Waals surface area contributed by atoms with E-state index in [9.17, 15) is 0 Å². The number of rotatable bonds is 2. The SMILES string of the molecule is CNc1ccc(C(C)C#N)cc1N. The average molecular weight is 175 g/mol. The summed E-state index contributed by atoms with van der Waals surface area (Å²) in [5, 5.41) is 11.7. The van der Waals surface area contributed by atoms with Gasteiger partial charge in [0.05, 0.1) is 23.4 Å². The van der Waals surface area contributed by atoms with Crippen molar-refractivity contribution in [3.05, 3.63) is 23.8 Å². The van der Waals surface area contributed by atoms with Gasteiger partial charge in [0.15, 0.2) is 0 Å². The van der Waals surface area contributed by atoms with E-state index in [0.29, 0.717) is 5.69 Å². The Labute approximate surface area is 78.2 Å². The van der Waals surface area contributed by atoms with Gasteiger partial charge in [-0.2, -0.15) is 5.26 Å². The Morgan fingerprint density at radius 3 is 2.69 bits per heavy atom. The first-order chi connectivity index (χ1) is 6.19. The molecule has 0 amide bonds. The van der Waals surface area contributed by atoms with E-state index in [2.05, 4.69) is 11.4 Å². The van der Waals surface area contributed by atoms with Crippen LogP contribution in [0.5, 0.6) is 0 Å². The van der Waals surface area contributed by atoms with Gasteiger partial charge in [0.25, 0.3) is 0 Å². The third-order valence-corrected chi connectivity index (χ3v) is 2.04. The fourth-order valence-corrected chi connectivity index (χ4v) is 1.15. The van der Waals surface area contributed by atoms with Gasteiger partial charge < -0.3 is 11.1 Å². The van der Waals surface area contributed by atoms with Crippen LogP contribution in [0.25, 0.3) is 0 Å². The molecule has 0 aliphatic carbocycles. The van der Waals surface area contributed by atoms with E-state index >= 15 is 0 Å². The largest absolute Gasteiger partial charge is 0.397 e. The van der Waals surface area contributed by atoms with Crippen molar-refractivity contribution in [3.63, 3.8) is 0 Å². The molecule has 1 aromatic rings. The van der Waals surface area contributed by atoms with Crippen LogP contribution in [-0.4, -0.2) is 7.05 Å². The van der Waals surface area contributed by atoms with Crippen LogP contribution in [0.1, 0.15) is 18.4 Å². The maximum Gasteiger partial charge on any atom is 0.0700 e. The Kier molecular flexibility index (Phi) is 2.76. The molecule has 3 heteroatoms. The first-order valence-electron chi connectivity index (χ1n) is 4.16. The van der Waals surface area contributed by atoms with E-state index in [1.165, 1.54) is 0 Å². The number of anilines is 2. The zero-order chi connectivity index (χ0) is 9.84. The number of benzene rings is 1. The smallest absolute Gasteiger partial charge is 0.0700 e. The Hall–Kier alpha value is -1.69. The number of hydrogen-bond donors (Lipinski definition) is 2. The van der Waals surface area contributed by atoms with Crippen LogP contribution in [0.15, 0.2) is 18.2 Å². The van der Waals surface area contributed by atoms with Gasteiger partial charge in [-0.05, 0) is 24.6 Å². The summed E-state index contributed by atoms with van der Waals surface area (Å²) in [6, 6.07) is 7.80. The second kappa shape index (κ2) is 3.81. The fourth-order valence-electron chi connectivity index (χ4n) is 1.15. The van der Waals surface area contributed by atoms with Crippen LogP contribution in [0.2, 0.25) is 0 Å². The summed E-state index contributed by atoms with van der Waals surface area (Å²) in [5.74, 6) is -0.104. The molecule has 0 bridgehead atoms. The standard InChI is InChI=1S/C10H13N3/c1-7(6-11)8-3-4-10(13-2)9(12)5-8/h3-5,7,13H,12H2,1-2H3. The highest BCUT2D eigenvalue weighted by molar-refractivity contribution is 5.67. The molecule has 0 heterocycles. The first-order valence-corrected chi connectivity index (χ1v) is 4.16. The molecule has 0 aliphatic rings. The van der Waals surface area contributed by atoms with Crippen LogP contribution in [0.4, 0.5) is 11.4 Å². The lowest BCUT2D eigenvalue weighted by Gasteiger charge is -2.08. The molecule has 1 aromatic carbocycles. The molecule has 68 valence electrons. The van der Waals surface area contributed by atoms with Crippen LogP contribution < -0.4 is 11.1 Å². The van der Waals surface area contributed by atoms with Crippen LogP contribution >= 0.6 is 0 Å². The predicted molar refractivity (Wildman–Crippen MR) is 54.4 cm³/mol. The first kappa shape index (κ1) is 9.40. The number of nitriles is 1. The van der Waals surface area contributed by atoms with Gasteiger partial charge >= 0.3 is 0 Å². The number of nitrogen functional groups attached to an aromatic ring is 1. The summed E-state index contributed by atoms with van der Waals surface area (Å²) in [7, 11) is 1.82. The van der Waals surface area contributed by atoms with Crippen LogP contribution in [-0.2, 0) is 0 Å². The number of nitrogens with one attached hydrogen (secondary N) is 1. The van der Waals surface area contributed by atoms with Crippen molar-refractivity contribution >= 4 is 11.4 Å². The van der Waals surface area contributed by atoms with Crippen molar-refractivity contribution in [1.29, 1.82) is 5.26 Å². The van der Waals surface area contributed by atoms with E-state index in [4.69, 9.17) is 11.0 Å². The Balaban J connectivity index is 3.04. The van der Waals surface area contributed by atoms with E-state index in [1.54, 1.807) is 0 Å². The minimum atomic E-state index is -0.104. The molecule has 0 radical (unpaired) electrons. The quantitative estimate of drug-likeness (QED) is 0.675. The molecule has 0 saturated carbocycles.